The number of rotatable bonds is 2. The highest BCUT2D eigenvalue weighted by Gasteiger charge is 2.28. The first-order valence-corrected chi connectivity index (χ1v) is 7.94. The maximum atomic E-state index is 11.9. The van der Waals surface area contributed by atoms with Gasteiger partial charge in [-0.25, -0.2) is 0 Å². The van der Waals surface area contributed by atoms with E-state index in [1.54, 1.807) is 36.4 Å². The second kappa shape index (κ2) is 5.27. The summed E-state index contributed by atoms with van der Waals surface area (Å²) >= 11 is 0. The Kier molecular flexibility index (Phi) is 3.42. The zero-order valence-corrected chi connectivity index (χ0v) is 12.5. The van der Waals surface area contributed by atoms with E-state index in [2.05, 4.69) is 14.9 Å². The Balaban J connectivity index is 1.86. The minimum atomic E-state index is -3.66. The van der Waals surface area contributed by atoms with Crippen LogP contribution in [0.2, 0.25) is 0 Å². The van der Waals surface area contributed by atoms with Crippen LogP contribution in [0.1, 0.15) is 16.7 Å². The molecule has 7 heteroatoms. The smallest absolute Gasteiger partial charge is 0.285 e. The van der Waals surface area contributed by atoms with Crippen molar-refractivity contribution in [3.63, 3.8) is 0 Å². The molecule has 0 aromatic heterocycles. The number of nitrogens with one attached hydrogen (secondary N) is 1. The third-order valence-electron chi connectivity index (χ3n) is 3.19. The number of aryl methyl sites for hydroxylation is 1. The molecule has 6 nitrogen and oxygen atoms in total. The van der Waals surface area contributed by atoms with Crippen molar-refractivity contribution in [2.24, 2.45) is 9.50 Å². The molecule has 0 unspecified atom stereocenters. The van der Waals surface area contributed by atoms with E-state index in [0.29, 0.717) is 11.1 Å². The van der Waals surface area contributed by atoms with Gasteiger partial charge in [-0.2, -0.15) is 13.5 Å². The highest BCUT2D eigenvalue weighted by molar-refractivity contribution is 7.90. The molecule has 0 bridgehead atoms. The Labute approximate surface area is 127 Å². The Morgan fingerprint density at radius 1 is 1.23 bits per heavy atom. The number of hydrazone groups is 1. The van der Waals surface area contributed by atoms with E-state index in [1.807, 2.05) is 6.92 Å². The predicted octanol–water partition coefficient (Wildman–Crippen LogP) is 1.77. The third kappa shape index (κ3) is 2.58. The molecule has 0 fully saturated rings. The van der Waals surface area contributed by atoms with Crippen LogP contribution in [0.5, 0.6) is 5.75 Å². The molecule has 0 amide bonds. The SMILES string of the molecule is Cc1ccc(O)c(C=NNC2=NS(=O)(=O)c3ccccc32)c1. The number of hydrogen-bond acceptors (Lipinski definition) is 5. The summed E-state index contributed by atoms with van der Waals surface area (Å²) in [6.07, 6.45) is 1.42. The molecular weight excluding hydrogens is 302 g/mol. The fourth-order valence-electron chi connectivity index (χ4n) is 2.13. The van der Waals surface area contributed by atoms with Crippen molar-refractivity contribution >= 4 is 22.1 Å². The number of nitrogens with zero attached hydrogens (tertiary/aromatic N) is 2. The number of fused-ring (bicyclic) bond motifs is 1. The maximum absolute atomic E-state index is 11.9. The van der Waals surface area contributed by atoms with Gasteiger partial charge in [0.05, 0.1) is 6.21 Å². The lowest BCUT2D eigenvalue weighted by Crippen LogP contribution is -2.17. The van der Waals surface area contributed by atoms with Crippen LogP contribution in [0.25, 0.3) is 0 Å². The van der Waals surface area contributed by atoms with Crippen LogP contribution in [0.3, 0.4) is 0 Å². The highest BCUT2D eigenvalue weighted by Crippen LogP contribution is 2.24. The van der Waals surface area contributed by atoms with Crippen LogP contribution in [-0.4, -0.2) is 25.6 Å². The van der Waals surface area contributed by atoms with Crippen LogP contribution >= 0.6 is 0 Å². The van der Waals surface area contributed by atoms with Gasteiger partial charge in [-0.3, -0.25) is 5.43 Å². The Morgan fingerprint density at radius 2 is 2.00 bits per heavy atom. The molecule has 0 saturated carbocycles. The minimum Gasteiger partial charge on any atom is -0.507 e. The van der Waals surface area contributed by atoms with E-state index < -0.39 is 10.0 Å². The monoisotopic (exact) mass is 315 g/mol. The van der Waals surface area contributed by atoms with E-state index in [4.69, 9.17) is 0 Å². The molecule has 1 aliphatic heterocycles. The molecule has 2 N–H and O–H groups in total. The predicted molar refractivity (Wildman–Crippen MR) is 83.7 cm³/mol. The summed E-state index contributed by atoms with van der Waals surface area (Å²) in [5.74, 6) is 0.261. The average molecular weight is 315 g/mol. The number of benzene rings is 2. The van der Waals surface area contributed by atoms with Gasteiger partial charge < -0.3 is 5.11 Å². The molecule has 1 heterocycles. The van der Waals surface area contributed by atoms with E-state index >= 15 is 0 Å². The summed E-state index contributed by atoms with van der Waals surface area (Å²) in [6.45, 7) is 1.90. The topological polar surface area (TPSA) is 91.1 Å². The van der Waals surface area contributed by atoms with Gasteiger partial charge in [0.1, 0.15) is 10.6 Å². The van der Waals surface area contributed by atoms with Gasteiger partial charge in [0, 0.05) is 11.1 Å². The number of phenols is 1. The van der Waals surface area contributed by atoms with Gasteiger partial charge in [0.15, 0.2) is 5.84 Å². The first-order chi connectivity index (χ1) is 10.5. The number of hydrogen-bond donors (Lipinski definition) is 2. The summed E-state index contributed by atoms with van der Waals surface area (Å²) < 4.78 is 27.4. The molecule has 1 aliphatic rings. The first kappa shape index (κ1) is 14.3. The molecular formula is C15H13N3O3S. The van der Waals surface area contributed by atoms with Gasteiger partial charge in [0.25, 0.3) is 10.0 Å². The van der Waals surface area contributed by atoms with Crippen molar-refractivity contribution in [3.05, 3.63) is 59.2 Å². The number of amidine groups is 1. The van der Waals surface area contributed by atoms with Gasteiger partial charge in [0.2, 0.25) is 0 Å². The largest absolute Gasteiger partial charge is 0.507 e. The summed E-state index contributed by atoms with van der Waals surface area (Å²) in [5.41, 5.74) is 4.60. The highest BCUT2D eigenvalue weighted by atomic mass is 32.2. The van der Waals surface area contributed by atoms with Crippen LogP contribution in [0.15, 0.2) is 56.9 Å². The molecule has 112 valence electrons. The quantitative estimate of drug-likeness (QED) is 0.653. The van der Waals surface area contributed by atoms with Gasteiger partial charge in [-0.05, 0) is 31.2 Å². The van der Waals surface area contributed by atoms with E-state index in [1.165, 1.54) is 12.3 Å². The van der Waals surface area contributed by atoms with Gasteiger partial charge in [-0.15, -0.1) is 4.40 Å². The van der Waals surface area contributed by atoms with Crippen LogP contribution in [0, 0.1) is 6.92 Å². The number of aromatic hydroxyl groups is 1. The van der Waals surface area contributed by atoms with Crippen molar-refractivity contribution < 1.29 is 13.5 Å². The molecule has 2 aromatic carbocycles. The third-order valence-corrected chi connectivity index (χ3v) is 4.52. The molecule has 0 saturated heterocycles. The lowest BCUT2D eigenvalue weighted by molar-refractivity contribution is 0.474. The summed E-state index contributed by atoms with van der Waals surface area (Å²) in [7, 11) is -3.66. The average Bonchev–Trinajstić information content (AvgIpc) is 2.75. The van der Waals surface area contributed by atoms with Crippen LogP contribution in [-0.2, 0) is 10.0 Å². The Hall–Kier alpha value is -2.67. The van der Waals surface area contributed by atoms with Gasteiger partial charge >= 0.3 is 0 Å². The number of phenolic OH excluding ortho intramolecular Hbond substituents is 1. The second-order valence-corrected chi connectivity index (χ2v) is 6.42. The second-order valence-electron chi connectivity index (χ2n) is 4.84. The first-order valence-electron chi connectivity index (χ1n) is 6.50. The fourth-order valence-corrected chi connectivity index (χ4v) is 3.30. The zero-order valence-electron chi connectivity index (χ0n) is 11.7. The van der Waals surface area contributed by atoms with E-state index in [0.717, 1.165) is 5.56 Å². The summed E-state index contributed by atoms with van der Waals surface area (Å²) in [4.78, 5) is 0.158. The Morgan fingerprint density at radius 3 is 2.82 bits per heavy atom. The molecule has 0 atom stereocenters. The minimum absolute atomic E-state index is 0.0949. The molecule has 2 aromatic rings. The van der Waals surface area contributed by atoms with Crippen molar-refractivity contribution in [1.29, 1.82) is 0 Å². The number of sulfonamides is 1. The van der Waals surface area contributed by atoms with Crippen LogP contribution < -0.4 is 5.43 Å². The lowest BCUT2D eigenvalue weighted by Gasteiger charge is -2.02. The fraction of sp³-hybridized carbons (Fsp3) is 0.0667. The van der Waals surface area contributed by atoms with Crippen molar-refractivity contribution in [3.8, 4) is 5.75 Å². The maximum Gasteiger partial charge on any atom is 0.285 e. The molecule has 22 heavy (non-hydrogen) atoms. The van der Waals surface area contributed by atoms with E-state index in [9.17, 15) is 13.5 Å². The van der Waals surface area contributed by atoms with Gasteiger partial charge in [-0.1, -0.05) is 23.8 Å². The molecule has 0 radical (unpaired) electrons. The standard InChI is InChI=1S/C15H13N3O3S/c1-10-6-7-13(19)11(8-10)9-16-17-15-12-4-2-3-5-14(12)22(20,21)18-15/h2-9,19H,1H3,(H,17,18). The van der Waals surface area contributed by atoms with Crippen LogP contribution in [0.4, 0.5) is 0 Å². The zero-order chi connectivity index (χ0) is 15.7. The Bertz CT molecular complexity index is 902. The summed E-state index contributed by atoms with van der Waals surface area (Å²) in [5, 5.41) is 13.7. The van der Waals surface area contributed by atoms with Crippen molar-refractivity contribution in [2.75, 3.05) is 0 Å². The van der Waals surface area contributed by atoms with E-state index in [-0.39, 0.29) is 16.5 Å². The summed E-state index contributed by atoms with van der Waals surface area (Å²) in [6, 6.07) is 11.6. The lowest BCUT2D eigenvalue weighted by atomic mass is 10.1. The van der Waals surface area contributed by atoms with Crippen molar-refractivity contribution in [1.82, 2.24) is 5.43 Å². The molecule has 3 rings (SSSR count). The van der Waals surface area contributed by atoms with Crippen molar-refractivity contribution in [2.45, 2.75) is 11.8 Å². The molecule has 0 aliphatic carbocycles. The normalized spacial score (nSPS) is 15.6. The molecule has 0 spiro atoms.